The Morgan fingerprint density at radius 3 is 1.56 bits per heavy atom. The molecular weight excluding hydrogens is 548 g/mol. The van der Waals surface area contributed by atoms with E-state index >= 15 is 0 Å². The van der Waals surface area contributed by atoms with Gasteiger partial charge in [0.05, 0.1) is 13.2 Å². The Bertz CT molecular complexity index is 1190. The Labute approximate surface area is 234 Å². The van der Waals surface area contributed by atoms with Crippen LogP contribution in [0.1, 0.15) is 25.0 Å². The second-order valence-corrected chi connectivity index (χ2v) is 10.6. The second kappa shape index (κ2) is 12.2. The van der Waals surface area contributed by atoms with E-state index in [0.29, 0.717) is 11.1 Å². The molecule has 2 saturated heterocycles. The molecular formula is C27H36O14. The van der Waals surface area contributed by atoms with Crippen molar-refractivity contribution in [3.05, 3.63) is 47.5 Å². The van der Waals surface area contributed by atoms with Gasteiger partial charge in [0.25, 0.3) is 0 Å². The number of ether oxygens (including phenoxy) is 4. The maximum Gasteiger partial charge on any atom is 0.229 e. The molecule has 0 unspecified atom stereocenters. The molecule has 0 aromatic heterocycles. The molecule has 2 heterocycles. The summed E-state index contributed by atoms with van der Waals surface area (Å²) in [4.78, 5) is 0. The minimum Gasteiger partial charge on any atom is -0.504 e. The Morgan fingerprint density at radius 2 is 1.07 bits per heavy atom. The van der Waals surface area contributed by atoms with Crippen molar-refractivity contribution in [1.82, 2.24) is 0 Å². The molecule has 0 aliphatic carbocycles. The molecule has 0 amide bonds. The number of aromatic hydroxyl groups is 2. The smallest absolute Gasteiger partial charge is 0.229 e. The van der Waals surface area contributed by atoms with Crippen molar-refractivity contribution in [2.24, 2.45) is 0 Å². The Morgan fingerprint density at radius 1 is 0.610 bits per heavy atom. The highest BCUT2D eigenvalue weighted by Crippen LogP contribution is 2.41. The van der Waals surface area contributed by atoms with Gasteiger partial charge in [-0.3, -0.25) is 0 Å². The standard InChI is InChI=1S/C27H36O14/c1-27(2,11-4-6-15(14(31)7-11)38-25-23(36)21(34)19(32)17(9-28)40-25)12-3-5-13(30)16(8-12)39-26-24(37)22(35)20(33)18(10-29)41-26/h3-8,17-26,28-37H,9-10H2,1-2H3/t17-,18-,19-,20-,21+,22+,23-,24-,25-,26-/m1/s1. The molecule has 0 saturated carbocycles. The monoisotopic (exact) mass is 584 g/mol. The summed E-state index contributed by atoms with van der Waals surface area (Å²) in [6.45, 7) is 2.33. The van der Waals surface area contributed by atoms with Crippen molar-refractivity contribution >= 4 is 0 Å². The SMILES string of the molecule is CC(C)(c1ccc(O[C@@H]2O[C@H](CO)[C@@H](O)[C@H](O)[C@H]2O)c(O)c1)c1ccc(O)c(O[C@@H]2O[C@H](CO)[C@@H](O)[C@H](O)[C@H]2O)c1. The predicted molar refractivity (Wildman–Crippen MR) is 137 cm³/mol. The molecule has 14 nitrogen and oxygen atoms in total. The summed E-state index contributed by atoms with van der Waals surface area (Å²) < 4.78 is 21.8. The summed E-state index contributed by atoms with van der Waals surface area (Å²) in [6.07, 6.45) is -15.2. The van der Waals surface area contributed by atoms with Crippen LogP contribution in [0.5, 0.6) is 23.0 Å². The number of rotatable bonds is 8. The van der Waals surface area contributed by atoms with Crippen molar-refractivity contribution in [2.75, 3.05) is 13.2 Å². The van der Waals surface area contributed by atoms with E-state index < -0.39 is 80.0 Å². The van der Waals surface area contributed by atoms with Crippen LogP contribution in [0.3, 0.4) is 0 Å². The Kier molecular flexibility index (Phi) is 9.30. The molecule has 0 spiro atoms. The maximum atomic E-state index is 10.7. The average molecular weight is 585 g/mol. The third kappa shape index (κ3) is 6.08. The number of aliphatic hydroxyl groups excluding tert-OH is 8. The summed E-state index contributed by atoms with van der Waals surface area (Å²) in [5, 5.41) is 100. The number of benzene rings is 2. The first-order valence-corrected chi connectivity index (χ1v) is 12.9. The molecule has 10 atom stereocenters. The molecule has 2 aromatic carbocycles. The van der Waals surface area contributed by atoms with Gasteiger partial charge >= 0.3 is 0 Å². The van der Waals surface area contributed by atoms with Crippen molar-refractivity contribution in [3.63, 3.8) is 0 Å². The summed E-state index contributed by atoms with van der Waals surface area (Å²) in [5.74, 6) is -0.880. The van der Waals surface area contributed by atoms with Gasteiger partial charge < -0.3 is 70.0 Å². The molecule has 0 bridgehead atoms. The fraction of sp³-hybridized carbons (Fsp3) is 0.556. The zero-order chi connectivity index (χ0) is 30.2. The van der Waals surface area contributed by atoms with Gasteiger partial charge in [0, 0.05) is 5.41 Å². The minimum absolute atomic E-state index is 0.105. The third-order valence-corrected chi connectivity index (χ3v) is 7.55. The van der Waals surface area contributed by atoms with Gasteiger partial charge in [-0.05, 0) is 35.4 Å². The van der Waals surface area contributed by atoms with Gasteiger partial charge in [0.15, 0.2) is 23.0 Å². The van der Waals surface area contributed by atoms with Crippen LogP contribution in [0.4, 0.5) is 0 Å². The van der Waals surface area contributed by atoms with Crippen LogP contribution in [0.15, 0.2) is 36.4 Å². The lowest BCUT2D eigenvalue weighted by atomic mass is 9.78. The van der Waals surface area contributed by atoms with Crippen LogP contribution in [0.25, 0.3) is 0 Å². The quantitative estimate of drug-likeness (QED) is 0.158. The summed E-state index contributed by atoms with van der Waals surface area (Å²) in [6, 6.07) is 8.82. The number of phenols is 2. The normalized spacial score (nSPS) is 34.3. The van der Waals surface area contributed by atoms with Gasteiger partial charge in [-0.2, -0.15) is 0 Å². The Hall–Kier alpha value is -2.76. The van der Waals surface area contributed by atoms with Crippen molar-refractivity contribution in [2.45, 2.75) is 80.7 Å². The summed E-state index contributed by atoms with van der Waals surface area (Å²) >= 11 is 0. The molecule has 14 heteroatoms. The van der Waals surface area contributed by atoms with Crippen LogP contribution in [-0.4, -0.2) is 126 Å². The van der Waals surface area contributed by atoms with E-state index in [1.807, 2.05) is 13.8 Å². The number of aliphatic hydroxyl groups is 8. The fourth-order valence-corrected chi connectivity index (χ4v) is 4.75. The molecule has 10 N–H and O–H groups in total. The van der Waals surface area contributed by atoms with E-state index in [2.05, 4.69) is 0 Å². The predicted octanol–water partition coefficient (Wildman–Crippen LogP) is -2.22. The lowest BCUT2D eigenvalue weighted by Crippen LogP contribution is -2.60. The highest BCUT2D eigenvalue weighted by atomic mass is 16.7. The molecule has 2 aliphatic heterocycles. The van der Waals surface area contributed by atoms with Crippen molar-refractivity contribution in [1.29, 1.82) is 0 Å². The molecule has 2 fully saturated rings. The van der Waals surface area contributed by atoms with Crippen LogP contribution in [0.2, 0.25) is 0 Å². The largest absolute Gasteiger partial charge is 0.504 e. The molecule has 41 heavy (non-hydrogen) atoms. The third-order valence-electron chi connectivity index (χ3n) is 7.55. The zero-order valence-electron chi connectivity index (χ0n) is 22.3. The fourth-order valence-electron chi connectivity index (χ4n) is 4.75. The second-order valence-electron chi connectivity index (χ2n) is 10.6. The minimum atomic E-state index is -1.68. The topological polar surface area (TPSA) is 239 Å². The maximum absolute atomic E-state index is 10.7. The first-order valence-electron chi connectivity index (χ1n) is 12.9. The number of hydrogen-bond donors (Lipinski definition) is 10. The van der Waals surface area contributed by atoms with Crippen LogP contribution in [0, 0.1) is 0 Å². The first kappa shape index (κ1) is 31.2. The van der Waals surface area contributed by atoms with Gasteiger partial charge in [0.2, 0.25) is 12.6 Å². The van der Waals surface area contributed by atoms with Gasteiger partial charge in [-0.15, -0.1) is 0 Å². The van der Waals surface area contributed by atoms with Crippen molar-refractivity contribution < 1.29 is 70.0 Å². The lowest BCUT2D eigenvalue weighted by molar-refractivity contribution is -0.277. The lowest BCUT2D eigenvalue weighted by Gasteiger charge is -2.39. The van der Waals surface area contributed by atoms with Crippen LogP contribution in [-0.2, 0) is 14.9 Å². The highest BCUT2D eigenvalue weighted by Gasteiger charge is 2.46. The van der Waals surface area contributed by atoms with E-state index in [1.165, 1.54) is 24.3 Å². The van der Waals surface area contributed by atoms with E-state index in [0.717, 1.165) is 0 Å². The first-order chi connectivity index (χ1) is 19.3. The highest BCUT2D eigenvalue weighted by molar-refractivity contribution is 5.51. The van der Waals surface area contributed by atoms with E-state index in [9.17, 15) is 51.1 Å². The van der Waals surface area contributed by atoms with Crippen LogP contribution < -0.4 is 9.47 Å². The van der Waals surface area contributed by atoms with Crippen molar-refractivity contribution in [3.8, 4) is 23.0 Å². The van der Waals surface area contributed by atoms with Crippen LogP contribution >= 0.6 is 0 Å². The van der Waals surface area contributed by atoms with E-state index in [1.54, 1.807) is 12.1 Å². The molecule has 0 radical (unpaired) electrons. The zero-order valence-corrected chi connectivity index (χ0v) is 22.3. The van der Waals surface area contributed by atoms with E-state index in [4.69, 9.17) is 18.9 Å². The Balaban J connectivity index is 1.54. The summed E-state index contributed by atoms with van der Waals surface area (Å²) in [7, 11) is 0. The van der Waals surface area contributed by atoms with E-state index in [-0.39, 0.29) is 23.0 Å². The van der Waals surface area contributed by atoms with Gasteiger partial charge in [-0.1, -0.05) is 26.0 Å². The molecule has 2 aliphatic rings. The molecule has 4 rings (SSSR count). The number of phenolic OH excluding ortho intramolecular Hbond substituents is 2. The average Bonchev–Trinajstić information content (AvgIpc) is 2.95. The molecule has 228 valence electrons. The summed E-state index contributed by atoms with van der Waals surface area (Å²) in [5.41, 5.74) is 0.317. The molecule has 2 aromatic rings. The van der Waals surface area contributed by atoms with Gasteiger partial charge in [0.1, 0.15) is 48.8 Å². The number of hydrogen-bond acceptors (Lipinski definition) is 14. The van der Waals surface area contributed by atoms with Gasteiger partial charge in [-0.25, -0.2) is 0 Å².